The molecule has 0 radical (unpaired) electrons. The minimum absolute atomic E-state index is 0.181. The average Bonchev–Trinajstić information content (AvgIpc) is 2.33. The van der Waals surface area contributed by atoms with Gasteiger partial charge in [-0.1, -0.05) is 25.1 Å². The van der Waals surface area contributed by atoms with Gasteiger partial charge in [-0.25, -0.2) is 0 Å². The monoisotopic (exact) mass is 266 g/mol. The van der Waals surface area contributed by atoms with E-state index in [1.165, 1.54) is 6.92 Å². The van der Waals surface area contributed by atoms with Crippen LogP contribution in [0.3, 0.4) is 0 Å². The summed E-state index contributed by atoms with van der Waals surface area (Å²) in [5.41, 5.74) is 1.45. The van der Waals surface area contributed by atoms with Crippen LogP contribution in [0.1, 0.15) is 36.2 Å². The van der Waals surface area contributed by atoms with Crippen molar-refractivity contribution >= 4 is 23.4 Å². The smallest absolute Gasteiger partial charge is 0.308 e. The first-order valence-electron chi connectivity index (χ1n) is 5.58. The van der Waals surface area contributed by atoms with Crippen molar-refractivity contribution in [3.05, 3.63) is 40.4 Å². The van der Waals surface area contributed by atoms with Crippen molar-refractivity contribution < 1.29 is 14.3 Å². The number of carbonyl (C=O) groups is 2. The number of hydrogen-bond acceptors (Lipinski definition) is 3. The highest BCUT2D eigenvalue weighted by atomic mass is 35.5. The highest BCUT2D eigenvalue weighted by Crippen LogP contribution is 2.30. The van der Waals surface area contributed by atoms with Crippen LogP contribution in [0.15, 0.2) is 24.3 Å². The predicted molar refractivity (Wildman–Crippen MR) is 71.3 cm³/mol. The summed E-state index contributed by atoms with van der Waals surface area (Å²) in [4.78, 5) is 22.9. The molecule has 0 saturated heterocycles. The van der Waals surface area contributed by atoms with Gasteiger partial charge in [-0.3, -0.25) is 9.59 Å². The van der Waals surface area contributed by atoms with Crippen molar-refractivity contribution in [1.82, 2.24) is 0 Å². The van der Waals surface area contributed by atoms with Gasteiger partial charge in [-0.15, -0.1) is 0 Å². The number of ketones is 1. The van der Waals surface area contributed by atoms with Gasteiger partial charge in [0.1, 0.15) is 5.75 Å². The molecule has 0 aliphatic rings. The largest absolute Gasteiger partial charge is 0.426 e. The zero-order valence-corrected chi connectivity index (χ0v) is 11.4. The molecule has 4 heteroatoms. The van der Waals surface area contributed by atoms with E-state index in [0.29, 0.717) is 33.9 Å². The second-order valence-electron chi connectivity index (χ2n) is 3.93. The van der Waals surface area contributed by atoms with Gasteiger partial charge in [0.15, 0.2) is 5.78 Å². The summed E-state index contributed by atoms with van der Waals surface area (Å²) >= 11 is 6.12. The average molecular weight is 267 g/mol. The second kappa shape index (κ2) is 5.83. The fourth-order valence-electron chi connectivity index (χ4n) is 1.46. The van der Waals surface area contributed by atoms with Crippen LogP contribution in [0.25, 0.3) is 0 Å². The number of esters is 1. The number of benzene rings is 1. The summed E-state index contributed by atoms with van der Waals surface area (Å²) in [6.07, 6.45) is 0.569. The third-order valence-electron chi connectivity index (χ3n) is 2.58. The molecule has 0 spiro atoms. The Morgan fingerprint density at radius 1 is 1.39 bits per heavy atom. The third-order valence-corrected chi connectivity index (χ3v) is 3.07. The van der Waals surface area contributed by atoms with E-state index in [1.54, 1.807) is 19.1 Å². The number of ether oxygens (including phenoxy) is 1. The standard InChI is InChI=1S/C14H15ClO3/c1-5-8(2)14(17)11-6-7-12(18-10(4)16)9(3)13(11)15/h6-7H,2,5H2,1,3-4H3. The summed E-state index contributed by atoms with van der Waals surface area (Å²) in [6, 6.07) is 3.12. The van der Waals surface area contributed by atoms with Crippen LogP contribution in [0.4, 0.5) is 0 Å². The third kappa shape index (κ3) is 2.99. The lowest BCUT2D eigenvalue weighted by atomic mass is 10.0. The summed E-state index contributed by atoms with van der Waals surface area (Å²) in [6.45, 7) is 8.56. The van der Waals surface area contributed by atoms with Crippen molar-refractivity contribution in [3.8, 4) is 5.75 Å². The molecule has 0 aromatic heterocycles. The predicted octanol–water partition coefficient (Wildman–Crippen LogP) is 3.72. The van der Waals surface area contributed by atoms with Crippen LogP contribution in [-0.4, -0.2) is 11.8 Å². The highest BCUT2D eigenvalue weighted by Gasteiger charge is 2.17. The molecule has 0 aliphatic heterocycles. The molecular formula is C14H15ClO3. The van der Waals surface area contributed by atoms with E-state index >= 15 is 0 Å². The topological polar surface area (TPSA) is 43.4 Å². The molecule has 1 aromatic carbocycles. The molecule has 0 unspecified atom stereocenters. The minimum atomic E-state index is -0.425. The van der Waals surface area contributed by atoms with Crippen molar-refractivity contribution in [2.45, 2.75) is 27.2 Å². The van der Waals surface area contributed by atoms with Gasteiger partial charge in [-0.05, 0) is 31.1 Å². The molecule has 0 N–H and O–H groups in total. The molecule has 96 valence electrons. The van der Waals surface area contributed by atoms with Crippen molar-refractivity contribution in [3.63, 3.8) is 0 Å². The maximum atomic E-state index is 12.0. The second-order valence-corrected chi connectivity index (χ2v) is 4.31. The van der Waals surface area contributed by atoms with Crippen molar-refractivity contribution in [2.75, 3.05) is 0 Å². The summed E-state index contributed by atoms with van der Waals surface area (Å²) in [5.74, 6) is -0.239. The molecule has 0 atom stereocenters. The van der Waals surface area contributed by atoms with E-state index in [-0.39, 0.29) is 5.78 Å². The van der Waals surface area contributed by atoms with Gasteiger partial charge < -0.3 is 4.74 Å². The zero-order valence-electron chi connectivity index (χ0n) is 10.7. The van der Waals surface area contributed by atoms with Gasteiger partial charge in [0, 0.05) is 18.1 Å². The molecule has 0 bridgehead atoms. The minimum Gasteiger partial charge on any atom is -0.426 e. The van der Waals surface area contributed by atoms with Gasteiger partial charge in [0.25, 0.3) is 0 Å². The molecule has 0 heterocycles. The van der Waals surface area contributed by atoms with E-state index < -0.39 is 5.97 Å². The Hall–Kier alpha value is -1.61. The number of halogens is 1. The molecule has 0 saturated carbocycles. The first-order chi connectivity index (χ1) is 8.38. The Bertz CT molecular complexity index is 518. The zero-order chi connectivity index (χ0) is 13.9. The van der Waals surface area contributed by atoms with Gasteiger partial charge in [0.05, 0.1) is 5.02 Å². The SMILES string of the molecule is C=C(CC)C(=O)c1ccc(OC(C)=O)c(C)c1Cl. The van der Waals surface area contributed by atoms with E-state index in [1.807, 2.05) is 6.92 Å². The molecule has 0 aliphatic carbocycles. The van der Waals surface area contributed by atoms with E-state index in [0.717, 1.165) is 0 Å². The van der Waals surface area contributed by atoms with Gasteiger partial charge in [0.2, 0.25) is 0 Å². The van der Waals surface area contributed by atoms with Crippen LogP contribution in [0.2, 0.25) is 5.02 Å². The van der Waals surface area contributed by atoms with Gasteiger partial charge >= 0.3 is 5.97 Å². The first-order valence-corrected chi connectivity index (χ1v) is 5.96. The Labute approximate surface area is 111 Å². The van der Waals surface area contributed by atoms with E-state index in [4.69, 9.17) is 16.3 Å². The number of allylic oxidation sites excluding steroid dienone is 1. The Balaban J connectivity index is 3.19. The maximum absolute atomic E-state index is 12.0. The lowest BCUT2D eigenvalue weighted by molar-refractivity contribution is -0.131. The maximum Gasteiger partial charge on any atom is 0.308 e. The number of hydrogen-bond donors (Lipinski definition) is 0. The van der Waals surface area contributed by atoms with Crippen LogP contribution >= 0.6 is 11.6 Å². The molecule has 0 fully saturated rings. The molecule has 0 amide bonds. The number of carbonyl (C=O) groups excluding carboxylic acids is 2. The van der Waals surface area contributed by atoms with Crippen LogP contribution in [0.5, 0.6) is 5.75 Å². The van der Waals surface area contributed by atoms with Crippen LogP contribution < -0.4 is 4.74 Å². The van der Waals surface area contributed by atoms with E-state index in [9.17, 15) is 9.59 Å². The fourth-order valence-corrected chi connectivity index (χ4v) is 1.70. The van der Waals surface area contributed by atoms with E-state index in [2.05, 4.69) is 6.58 Å². The van der Waals surface area contributed by atoms with Crippen LogP contribution in [-0.2, 0) is 4.79 Å². The van der Waals surface area contributed by atoms with Crippen molar-refractivity contribution in [2.24, 2.45) is 0 Å². The summed E-state index contributed by atoms with van der Waals surface area (Å²) in [5, 5.41) is 0.299. The summed E-state index contributed by atoms with van der Waals surface area (Å²) in [7, 11) is 0. The quantitative estimate of drug-likeness (QED) is 0.361. The molecule has 1 aromatic rings. The Kier molecular flexibility index (Phi) is 4.68. The lowest BCUT2D eigenvalue weighted by Gasteiger charge is -2.11. The highest BCUT2D eigenvalue weighted by molar-refractivity contribution is 6.35. The normalized spacial score (nSPS) is 10.0. The van der Waals surface area contributed by atoms with Gasteiger partial charge in [-0.2, -0.15) is 0 Å². The first kappa shape index (κ1) is 14.5. The molecule has 3 nitrogen and oxygen atoms in total. The number of Topliss-reactive ketones (excluding diaryl/α,β-unsaturated/α-hetero) is 1. The lowest BCUT2D eigenvalue weighted by Crippen LogP contribution is -2.07. The molecule has 1 rings (SSSR count). The Morgan fingerprint density at radius 2 is 2.00 bits per heavy atom. The molecule has 18 heavy (non-hydrogen) atoms. The Morgan fingerprint density at radius 3 is 2.50 bits per heavy atom. The fraction of sp³-hybridized carbons (Fsp3) is 0.286. The molecular weight excluding hydrogens is 252 g/mol. The van der Waals surface area contributed by atoms with Crippen LogP contribution in [0, 0.1) is 6.92 Å². The van der Waals surface area contributed by atoms with Crippen molar-refractivity contribution in [1.29, 1.82) is 0 Å². The number of rotatable bonds is 4. The summed E-state index contributed by atoms with van der Waals surface area (Å²) < 4.78 is 4.99.